The molecular weight excluding hydrogens is 242 g/mol. The molecule has 0 aromatic heterocycles. The second-order valence-electron chi connectivity index (χ2n) is 5.95. The molecule has 0 aromatic rings. The van der Waals surface area contributed by atoms with Gasteiger partial charge in [-0.15, -0.1) is 0 Å². The van der Waals surface area contributed by atoms with Gasteiger partial charge in [0.2, 0.25) is 0 Å². The summed E-state index contributed by atoms with van der Waals surface area (Å²) in [7, 11) is 1.82. The van der Waals surface area contributed by atoms with E-state index in [1.807, 2.05) is 7.11 Å². The highest BCUT2D eigenvalue weighted by Gasteiger charge is 2.35. The lowest BCUT2D eigenvalue weighted by atomic mass is 9.87. The average Bonchev–Trinajstić information content (AvgIpc) is 2.45. The van der Waals surface area contributed by atoms with Gasteiger partial charge in [0.25, 0.3) is 0 Å². The number of rotatable bonds is 5. The molecule has 1 aliphatic carbocycles. The van der Waals surface area contributed by atoms with E-state index in [1.165, 1.54) is 32.1 Å². The summed E-state index contributed by atoms with van der Waals surface area (Å²) < 4.78 is 5.67. The van der Waals surface area contributed by atoms with Gasteiger partial charge in [-0.3, -0.25) is 9.69 Å². The Kier molecular flexibility index (Phi) is 5.64. The molecule has 0 radical (unpaired) electrons. The lowest BCUT2D eigenvalue weighted by Crippen LogP contribution is -2.53. The van der Waals surface area contributed by atoms with E-state index in [0.29, 0.717) is 24.6 Å². The number of piperidine rings is 1. The number of carboxylic acid groups (broad SMARTS) is 1. The van der Waals surface area contributed by atoms with Crippen molar-refractivity contribution >= 4 is 5.97 Å². The van der Waals surface area contributed by atoms with Crippen molar-refractivity contribution < 1.29 is 14.6 Å². The summed E-state index contributed by atoms with van der Waals surface area (Å²) in [6, 6.07) is 0.962. The molecule has 1 N–H and O–H groups in total. The monoisotopic (exact) mass is 269 g/mol. The van der Waals surface area contributed by atoms with E-state index in [9.17, 15) is 4.79 Å². The molecule has 0 aromatic carbocycles. The SMILES string of the molecule is COC1CCCCC1N1CCCCC1CCC(=O)O. The number of nitrogens with zero attached hydrogens (tertiary/aromatic N) is 1. The predicted molar refractivity (Wildman–Crippen MR) is 74.3 cm³/mol. The van der Waals surface area contributed by atoms with Crippen LogP contribution in [0.1, 0.15) is 57.8 Å². The van der Waals surface area contributed by atoms with Crippen LogP contribution in [0.2, 0.25) is 0 Å². The van der Waals surface area contributed by atoms with Gasteiger partial charge in [-0.2, -0.15) is 0 Å². The van der Waals surface area contributed by atoms with Crippen LogP contribution in [0, 0.1) is 0 Å². The largest absolute Gasteiger partial charge is 0.481 e. The van der Waals surface area contributed by atoms with E-state index < -0.39 is 5.97 Å². The van der Waals surface area contributed by atoms with E-state index in [-0.39, 0.29) is 0 Å². The first-order valence-corrected chi connectivity index (χ1v) is 7.72. The first-order valence-electron chi connectivity index (χ1n) is 7.72. The molecule has 2 fully saturated rings. The molecule has 19 heavy (non-hydrogen) atoms. The van der Waals surface area contributed by atoms with Gasteiger partial charge in [0.15, 0.2) is 0 Å². The van der Waals surface area contributed by atoms with Gasteiger partial charge in [0.1, 0.15) is 0 Å². The zero-order valence-corrected chi connectivity index (χ0v) is 12.0. The Labute approximate surface area is 116 Å². The van der Waals surface area contributed by atoms with Crippen LogP contribution in [0.25, 0.3) is 0 Å². The maximum atomic E-state index is 10.8. The topological polar surface area (TPSA) is 49.8 Å². The predicted octanol–water partition coefficient (Wildman–Crippen LogP) is 2.66. The van der Waals surface area contributed by atoms with E-state index in [4.69, 9.17) is 9.84 Å². The first-order chi connectivity index (χ1) is 9.22. The van der Waals surface area contributed by atoms with Crippen molar-refractivity contribution in [3.05, 3.63) is 0 Å². The minimum absolute atomic E-state index is 0.297. The number of likely N-dealkylation sites (tertiary alicyclic amines) is 1. The molecule has 1 aliphatic heterocycles. The van der Waals surface area contributed by atoms with Crippen LogP contribution in [0.3, 0.4) is 0 Å². The van der Waals surface area contributed by atoms with E-state index in [2.05, 4.69) is 4.90 Å². The lowest BCUT2D eigenvalue weighted by Gasteiger charge is -2.45. The number of carboxylic acids is 1. The Hall–Kier alpha value is -0.610. The normalized spacial score (nSPS) is 33.2. The van der Waals surface area contributed by atoms with Crippen molar-refractivity contribution in [1.29, 1.82) is 0 Å². The Morgan fingerprint density at radius 1 is 1.21 bits per heavy atom. The molecule has 3 atom stereocenters. The Morgan fingerprint density at radius 2 is 1.95 bits per heavy atom. The van der Waals surface area contributed by atoms with Gasteiger partial charge in [0, 0.05) is 25.6 Å². The van der Waals surface area contributed by atoms with Gasteiger partial charge in [0.05, 0.1) is 6.10 Å². The van der Waals surface area contributed by atoms with Gasteiger partial charge < -0.3 is 9.84 Å². The highest BCUT2D eigenvalue weighted by molar-refractivity contribution is 5.66. The highest BCUT2D eigenvalue weighted by Crippen LogP contribution is 2.31. The average molecular weight is 269 g/mol. The zero-order chi connectivity index (χ0) is 13.7. The smallest absolute Gasteiger partial charge is 0.303 e. The Bertz CT molecular complexity index is 295. The van der Waals surface area contributed by atoms with Crippen molar-refractivity contribution in [3.63, 3.8) is 0 Å². The fourth-order valence-electron chi connectivity index (χ4n) is 3.79. The molecule has 0 spiro atoms. The highest BCUT2D eigenvalue weighted by atomic mass is 16.5. The molecule has 0 amide bonds. The molecule has 1 saturated carbocycles. The fraction of sp³-hybridized carbons (Fsp3) is 0.933. The lowest BCUT2D eigenvalue weighted by molar-refractivity contribution is -0.137. The molecule has 4 nitrogen and oxygen atoms in total. The standard InChI is InChI=1S/C15H27NO3/c1-19-14-8-3-2-7-13(14)16-11-5-4-6-12(16)9-10-15(17)18/h12-14H,2-11H2,1H3,(H,17,18). The van der Waals surface area contributed by atoms with Crippen LogP contribution in [0.4, 0.5) is 0 Å². The van der Waals surface area contributed by atoms with Gasteiger partial charge in [-0.1, -0.05) is 19.3 Å². The van der Waals surface area contributed by atoms with Crippen LogP contribution in [-0.2, 0) is 9.53 Å². The van der Waals surface area contributed by atoms with Gasteiger partial charge in [-0.05, 0) is 38.6 Å². The third-order valence-electron chi connectivity index (χ3n) is 4.76. The van der Waals surface area contributed by atoms with Crippen LogP contribution in [0.15, 0.2) is 0 Å². The number of carbonyl (C=O) groups is 1. The zero-order valence-electron chi connectivity index (χ0n) is 12.0. The molecular formula is C15H27NO3. The Morgan fingerprint density at radius 3 is 2.68 bits per heavy atom. The summed E-state index contributed by atoms with van der Waals surface area (Å²) in [5, 5.41) is 8.90. The fourth-order valence-corrected chi connectivity index (χ4v) is 3.79. The summed E-state index contributed by atoms with van der Waals surface area (Å²) in [5.41, 5.74) is 0. The Balaban J connectivity index is 1.98. The molecule has 1 saturated heterocycles. The summed E-state index contributed by atoms with van der Waals surface area (Å²) in [6.45, 7) is 1.12. The molecule has 1 heterocycles. The summed E-state index contributed by atoms with van der Waals surface area (Å²) in [5.74, 6) is -0.669. The van der Waals surface area contributed by atoms with Crippen molar-refractivity contribution in [1.82, 2.24) is 4.90 Å². The minimum Gasteiger partial charge on any atom is -0.481 e. The van der Waals surface area contributed by atoms with Crippen molar-refractivity contribution in [3.8, 4) is 0 Å². The van der Waals surface area contributed by atoms with Crippen molar-refractivity contribution in [2.45, 2.75) is 76.0 Å². The number of ether oxygens (including phenoxy) is 1. The molecule has 0 bridgehead atoms. The number of aliphatic carboxylic acids is 1. The van der Waals surface area contributed by atoms with E-state index >= 15 is 0 Å². The maximum absolute atomic E-state index is 10.8. The molecule has 110 valence electrons. The minimum atomic E-state index is -0.669. The van der Waals surface area contributed by atoms with Crippen molar-refractivity contribution in [2.24, 2.45) is 0 Å². The van der Waals surface area contributed by atoms with Crippen LogP contribution in [0.5, 0.6) is 0 Å². The van der Waals surface area contributed by atoms with E-state index in [1.54, 1.807) is 0 Å². The third-order valence-corrected chi connectivity index (χ3v) is 4.76. The second-order valence-corrected chi connectivity index (χ2v) is 5.95. The quantitative estimate of drug-likeness (QED) is 0.833. The second kappa shape index (κ2) is 7.25. The number of hydrogen-bond donors (Lipinski definition) is 1. The maximum Gasteiger partial charge on any atom is 0.303 e. The number of hydrogen-bond acceptors (Lipinski definition) is 3. The molecule has 3 unspecified atom stereocenters. The molecule has 4 heteroatoms. The third kappa shape index (κ3) is 3.93. The summed E-state index contributed by atoms with van der Waals surface area (Å²) >= 11 is 0. The van der Waals surface area contributed by atoms with Crippen LogP contribution < -0.4 is 0 Å². The van der Waals surface area contributed by atoms with Crippen LogP contribution >= 0.6 is 0 Å². The molecule has 2 aliphatic rings. The summed E-state index contributed by atoms with van der Waals surface area (Å²) in [6.07, 6.45) is 10.00. The summed E-state index contributed by atoms with van der Waals surface area (Å²) in [4.78, 5) is 13.4. The van der Waals surface area contributed by atoms with Crippen LogP contribution in [-0.4, -0.2) is 47.8 Å². The molecule has 2 rings (SSSR count). The van der Waals surface area contributed by atoms with E-state index in [0.717, 1.165) is 25.8 Å². The van der Waals surface area contributed by atoms with Gasteiger partial charge >= 0.3 is 5.97 Å². The van der Waals surface area contributed by atoms with Gasteiger partial charge in [-0.25, -0.2) is 0 Å². The van der Waals surface area contributed by atoms with Crippen molar-refractivity contribution in [2.75, 3.05) is 13.7 Å². The first kappa shape index (κ1) is 14.8. The number of methoxy groups -OCH3 is 1.